The summed E-state index contributed by atoms with van der Waals surface area (Å²) in [5, 5.41) is 0. The predicted molar refractivity (Wildman–Crippen MR) is 226 cm³/mol. The van der Waals surface area contributed by atoms with E-state index in [0.29, 0.717) is 23.9 Å². The van der Waals surface area contributed by atoms with Gasteiger partial charge in [0.05, 0.1) is 40.0 Å². The number of ether oxygens (including phenoxy) is 3. The molecule has 1 aliphatic rings. The van der Waals surface area contributed by atoms with Crippen LogP contribution in [0.4, 0.5) is 0 Å². The van der Waals surface area contributed by atoms with Crippen LogP contribution >= 0.6 is 7.82 Å². The van der Waals surface area contributed by atoms with Gasteiger partial charge in [0, 0.05) is 12.8 Å². The van der Waals surface area contributed by atoms with Crippen LogP contribution in [0.25, 0.3) is 0 Å². The molecule has 0 aromatic heterocycles. The number of unbranched alkanes of at least 4 members (excludes halogenated alkanes) is 17. The lowest BCUT2D eigenvalue weighted by atomic mass is 10.0. The van der Waals surface area contributed by atoms with Crippen molar-refractivity contribution >= 4 is 19.8 Å². The molecule has 0 spiro atoms. The average molecular weight is 812 g/mol. The minimum atomic E-state index is -4.64. The Labute approximate surface area is 342 Å². The van der Waals surface area contributed by atoms with Crippen molar-refractivity contribution in [2.24, 2.45) is 0 Å². The van der Waals surface area contributed by atoms with Crippen LogP contribution in [0.3, 0.4) is 0 Å². The number of phosphoric acid groups is 1. The smallest absolute Gasteiger partial charge is 0.306 e. The maximum absolute atomic E-state index is 12.7. The lowest BCUT2D eigenvalue weighted by Gasteiger charge is -2.28. The van der Waals surface area contributed by atoms with Gasteiger partial charge in [-0.05, 0) is 51.4 Å². The molecule has 1 rings (SSSR count). The van der Waals surface area contributed by atoms with Crippen LogP contribution in [-0.2, 0) is 37.4 Å². The monoisotopic (exact) mass is 812 g/mol. The predicted octanol–water partition coefficient (Wildman–Crippen LogP) is 10.9. The third-order valence-electron chi connectivity index (χ3n) is 9.82. The van der Waals surface area contributed by atoms with E-state index in [2.05, 4.69) is 44.2 Å². The molecule has 1 aliphatic heterocycles. The molecule has 0 aliphatic carbocycles. The van der Waals surface area contributed by atoms with Gasteiger partial charge in [0.15, 0.2) is 6.10 Å². The second-order valence-electron chi connectivity index (χ2n) is 16.5. The summed E-state index contributed by atoms with van der Waals surface area (Å²) in [5.74, 6) is -0.905. The van der Waals surface area contributed by atoms with Crippen molar-refractivity contribution in [2.45, 2.75) is 193 Å². The molecule has 4 atom stereocenters. The number of carbonyl (C=O) groups is 2. The van der Waals surface area contributed by atoms with Crippen LogP contribution < -0.4 is 4.89 Å². The lowest BCUT2D eigenvalue weighted by molar-refractivity contribution is -0.870. The zero-order valence-electron chi connectivity index (χ0n) is 36.3. The Morgan fingerprint density at radius 1 is 0.643 bits per heavy atom. The first-order valence-corrected chi connectivity index (χ1v) is 23.8. The number of carbonyl (C=O) groups excluding carboxylic acids is 2. The van der Waals surface area contributed by atoms with Gasteiger partial charge in [-0.2, -0.15) is 0 Å². The van der Waals surface area contributed by atoms with Crippen LogP contribution in [0, 0.1) is 0 Å². The minimum absolute atomic E-state index is 0.0435. The average Bonchev–Trinajstić information content (AvgIpc) is 3.90. The standard InChI is InChI=1S/C45H82NO9P/c1-6-8-10-12-14-16-17-18-19-20-22-24-26-31-35-44(47)51-39-41(40-53-56(49,50)52-38-37-46(3,4)5)54-45(48)36-32-28-27-30-34-43-42(55-43)33-29-25-23-21-15-13-11-9-7-2/h15,21,25,27,29-30,41-43H,6-14,16-20,22-24,26,28,31-40H2,1-5H3/b21-15-,29-25-,30-27-/t41-,42?,43?/m1/s1. The minimum Gasteiger partial charge on any atom is -0.756 e. The van der Waals surface area contributed by atoms with Gasteiger partial charge in [0.1, 0.15) is 19.8 Å². The van der Waals surface area contributed by atoms with E-state index in [-0.39, 0.29) is 38.3 Å². The van der Waals surface area contributed by atoms with Crippen LogP contribution in [0.5, 0.6) is 0 Å². The van der Waals surface area contributed by atoms with E-state index in [9.17, 15) is 19.0 Å². The number of esters is 2. The van der Waals surface area contributed by atoms with E-state index in [1.807, 2.05) is 27.2 Å². The molecular weight excluding hydrogens is 729 g/mol. The Morgan fingerprint density at radius 3 is 1.75 bits per heavy atom. The molecule has 3 unspecified atom stereocenters. The fraction of sp³-hybridized carbons (Fsp3) is 0.822. The fourth-order valence-electron chi connectivity index (χ4n) is 6.16. The first-order chi connectivity index (χ1) is 27.0. The summed E-state index contributed by atoms with van der Waals surface area (Å²) in [6.07, 6.45) is 39.1. The Hall–Kier alpha value is -1.81. The van der Waals surface area contributed by atoms with E-state index < -0.39 is 32.5 Å². The van der Waals surface area contributed by atoms with Crippen molar-refractivity contribution in [1.82, 2.24) is 0 Å². The molecule has 1 fully saturated rings. The topological polar surface area (TPSA) is 124 Å². The van der Waals surface area contributed by atoms with Crippen molar-refractivity contribution in [2.75, 3.05) is 47.5 Å². The molecule has 56 heavy (non-hydrogen) atoms. The van der Waals surface area contributed by atoms with Crippen LogP contribution in [-0.4, -0.2) is 82.2 Å². The summed E-state index contributed by atoms with van der Waals surface area (Å²) in [4.78, 5) is 37.6. The summed E-state index contributed by atoms with van der Waals surface area (Å²) in [7, 11) is 1.12. The van der Waals surface area contributed by atoms with E-state index in [1.165, 1.54) is 89.9 Å². The van der Waals surface area contributed by atoms with Crippen molar-refractivity contribution in [3.8, 4) is 0 Å². The van der Waals surface area contributed by atoms with Gasteiger partial charge < -0.3 is 32.6 Å². The van der Waals surface area contributed by atoms with Gasteiger partial charge in [-0.25, -0.2) is 0 Å². The van der Waals surface area contributed by atoms with Gasteiger partial charge in [0.2, 0.25) is 0 Å². The van der Waals surface area contributed by atoms with Crippen LogP contribution in [0.2, 0.25) is 0 Å². The first kappa shape index (κ1) is 52.2. The molecule has 0 N–H and O–H groups in total. The fourth-order valence-corrected chi connectivity index (χ4v) is 6.89. The van der Waals surface area contributed by atoms with Gasteiger partial charge in [-0.3, -0.25) is 14.2 Å². The lowest BCUT2D eigenvalue weighted by Crippen LogP contribution is -2.37. The van der Waals surface area contributed by atoms with Crippen molar-refractivity contribution < 1.29 is 46.8 Å². The van der Waals surface area contributed by atoms with Crippen molar-refractivity contribution in [3.05, 3.63) is 36.5 Å². The Morgan fingerprint density at radius 2 is 1.14 bits per heavy atom. The number of phosphoric ester groups is 1. The second kappa shape index (κ2) is 34.1. The molecule has 0 saturated carbocycles. The molecule has 11 heteroatoms. The van der Waals surface area contributed by atoms with E-state index in [4.69, 9.17) is 23.3 Å². The number of epoxide rings is 1. The summed E-state index contributed by atoms with van der Waals surface area (Å²) < 4.78 is 39.6. The number of allylic oxidation sites excluding steroid dienone is 4. The zero-order valence-corrected chi connectivity index (χ0v) is 37.2. The first-order valence-electron chi connectivity index (χ1n) is 22.3. The molecule has 1 saturated heterocycles. The second-order valence-corrected chi connectivity index (χ2v) is 17.9. The van der Waals surface area contributed by atoms with Crippen LogP contribution in [0.1, 0.15) is 174 Å². The number of likely N-dealkylation sites (N-methyl/N-ethyl adjacent to an activating group) is 1. The van der Waals surface area contributed by atoms with E-state index >= 15 is 0 Å². The van der Waals surface area contributed by atoms with Crippen molar-refractivity contribution in [3.63, 3.8) is 0 Å². The van der Waals surface area contributed by atoms with E-state index in [1.54, 1.807) is 0 Å². The SMILES string of the molecule is CCCCC/C=C\C/C=C\CC1OC1C/C=C\CCCC(=O)O[C@H](COC(=O)CCCCCCCCCCCCCCCC)COP(=O)([O-])OCC[N+](C)(C)C. The zero-order chi connectivity index (χ0) is 41.2. The maximum atomic E-state index is 12.7. The highest BCUT2D eigenvalue weighted by atomic mass is 31.2. The van der Waals surface area contributed by atoms with E-state index in [0.717, 1.165) is 44.9 Å². The Balaban J connectivity index is 2.33. The normalized spacial score (nSPS) is 17.5. The molecular formula is C45H82NO9P. The van der Waals surface area contributed by atoms with Gasteiger partial charge in [-0.1, -0.05) is 147 Å². The molecule has 0 amide bonds. The molecule has 0 radical (unpaired) electrons. The quantitative estimate of drug-likeness (QED) is 0.0149. The number of hydrogen-bond donors (Lipinski definition) is 0. The summed E-state index contributed by atoms with van der Waals surface area (Å²) in [6.45, 7) is 4.12. The third kappa shape index (κ3) is 34.3. The third-order valence-corrected chi connectivity index (χ3v) is 10.8. The van der Waals surface area contributed by atoms with Gasteiger partial charge in [-0.15, -0.1) is 0 Å². The molecule has 326 valence electrons. The molecule has 0 bridgehead atoms. The van der Waals surface area contributed by atoms with Gasteiger partial charge >= 0.3 is 11.9 Å². The number of nitrogens with zero attached hydrogens (tertiary/aromatic N) is 1. The van der Waals surface area contributed by atoms with Crippen LogP contribution in [0.15, 0.2) is 36.5 Å². The molecule has 0 aromatic rings. The van der Waals surface area contributed by atoms with Gasteiger partial charge in [0.25, 0.3) is 7.82 Å². The number of hydrogen-bond acceptors (Lipinski definition) is 9. The highest BCUT2D eigenvalue weighted by Gasteiger charge is 2.36. The maximum Gasteiger partial charge on any atom is 0.306 e. The summed E-state index contributed by atoms with van der Waals surface area (Å²) in [6, 6.07) is 0. The summed E-state index contributed by atoms with van der Waals surface area (Å²) >= 11 is 0. The largest absolute Gasteiger partial charge is 0.756 e. The Kier molecular flexibility index (Phi) is 31.8. The highest BCUT2D eigenvalue weighted by Crippen LogP contribution is 2.38. The number of rotatable bonds is 39. The van der Waals surface area contributed by atoms with Crippen molar-refractivity contribution in [1.29, 1.82) is 0 Å². The molecule has 10 nitrogen and oxygen atoms in total. The molecule has 0 aromatic carbocycles. The number of quaternary nitrogens is 1. The summed E-state index contributed by atoms with van der Waals surface area (Å²) in [5.41, 5.74) is 0. The molecule has 1 heterocycles. The Bertz CT molecular complexity index is 1120. The highest BCUT2D eigenvalue weighted by molar-refractivity contribution is 7.45.